The van der Waals surface area contributed by atoms with Crippen LogP contribution in [0.5, 0.6) is 0 Å². The van der Waals surface area contributed by atoms with Crippen molar-refractivity contribution in [1.29, 1.82) is 0 Å². The van der Waals surface area contributed by atoms with Crippen molar-refractivity contribution in [1.82, 2.24) is 13.2 Å². The number of nitrogens with zero attached hydrogens (tertiary/aromatic N) is 3. The summed E-state index contributed by atoms with van der Waals surface area (Å²) in [4.78, 5) is 38.9. The molecule has 440 valence electrons. The number of halogens is 5. The zero-order valence-electron chi connectivity index (χ0n) is 51.6. The largest absolute Gasteiger partial charge is 0.390 e. The van der Waals surface area contributed by atoms with Crippen molar-refractivity contribution in [3.05, 3.63) is 122 Å². The lowest BCUT2D eigenvalue weighted by Gasteiger charge is -2.36. The van der Waals surface area contributed by atoms with Crippen molar-refractivity contribution in [2.24, 2.45) is 11.8 Å². The van der Waals surface area contributed by atoms with Gasteiger partial charge in [-0.2, -0.15) is 0 Å². The Bertz CT molecular complexity index is 3280. The molecule has 80 heavy (non-hydrogen) atoms. The Kier molecular flexibility index (Phi) is 20.3. The Labute approximate surface area is 494 Å². The number of alkyl halides is 2. The molecule has 3 N–H and O–H groups in total. The van der Waals surface area contributed by atoms with Crippen LogP contribution in [-0.2, 0) is 33.5 Å². The van der Waals surface area contributed by atoms with Crippen LogP contribution in [0.3, 0.4) is 0 Å². The minimum absolute atomic E-state index is 0. The number of Topliss-reactive ketones (excluding diaryl/α,β-unsaturated/α-hetero) is 3. The van der Waals surface area contributed by atoms with E-state index in [4.69, 9.17) is 57.2 Å². The molecule has 0 aliphatic heterocycles. The van der Waals surface area contributed by atoms with Crippen LogP contribution in [0.4, 0.5) is 8.78 Å². The first-order valence-electron chi connectivity index (χ1n) is 30.7. The topological polar surface area (TPSA) is 153 Å². The molecule has 3 aliphatic rings. The lowest BCUT2D eigenvalue weighted by molar-refractivity contribution is -0.126. The monoisotopic (exact) mass is 1180 g/mol. The molecule has 0 radical (unpaired) electrons. The predicted octanol–water partition coefficient (Wildman–Crippen LogP) is 14.7. The molecule has 3 saturated carbocycles. The fraction of sp³-hybridized carbons (Fsp3) is 0.571. The summed E-state index contributed by atoms with van der Waals surface area (Å²) >= 11 is 19.1. The highest BCUT2D eigenvalue weighted by Gasteiger charge is 2.45. The molecule has 6 heterocycles. The van der Waals surface area contributed by atoms with Crippen molar-refractivity contribution in [3.63, 3.8) is 0 Å². The molecule has 9 rings (SSSR count). The molecular weight excluding hydrogens is 1090 g/mol. The van der Waals surface area contributed by atoms with Crippen molar-refractivity contribution in [3.8, 4) is 0 Å². The zero-order chi connectivity index (χ0) is 62.1. The van der Waals surface area contributed by atoms with Gasteiger partial charge in [-0.15, -0.1) is 0 Å². The third-order valence-electron chi connectivity index (χ3n) is 16.2. The number of ketones is 3. The number of methoxy groups -OCH3 is 3. The Balaban J connectivity index is 0.000000206. The van der Waals surface area contributed by atoms with Gasteiger partial charge in [-0.25, -0.2) is 8.78 Å². The van der Waals surface area contributed by atoms with Gasteiger partial charge in [-0.05, 0) is 124 Å². The van der Waals surface area contributed by atoms with Gasteiger partial charge in [0.25, 0.3) is 5.92 Å². The second kappa shape index (κ2) is 28.9. The predicted molar refractivity (Wildman–Crippen MR) is 315 cm³/mol. The molecule has 17 heteroatoms. The summed E-state index contributed by atoms with van der Waals surface area (Å²) in [6.45, 7) is 4.84. The van der Waals surface area contributed by atoms with Crippen LogP contribution in [0.2, 0.25) is 15.1 Å². The minimum atomic E-state index is -2.92. The SMILES string of the molecule is C.COCCc1cc(C(=O)CC[C@@]2(O)CCC[C@@H](C)C2)c2c(Cl)cccn12.[2H]C([2H])([2H])OCCc1cc(C(=O)CCC2(O)CCCC(C)C2)c2c(Cl)cccn12.[2H]C([2H])([2H])OCCc1cc(C(=O)CCC2(O)CCCC(F)(F)C2)c2c(Cl)cccn12. The van der Waals surface area contributed by atoms with Crippen molar-refractivity contribution in [2.75, 3.05) is 41.0 Å². The van der Waals surface area contributed by atoms with Crippen LogP contribution >= 0.6 is 34.8 Å². The Morgan fingerprint density at radius 2 is 0.938 bits per heavy atom. The first-order chi connectivity index (χ1) is 39.9. The van der Waals surface area contributed by atoms with Gasteiger partial charge in [0, 0.05) is 125 Å². The number of fused-ring (bicyclic) bond motifs is 3. The van der Waals surface area contributed by atoms with E-state index in [-0.39, 0.29) is 82.9 Å². The molecule has 3 fully saturated rings. The minimum Gasteiger partial charge on any atom is -0.390 e. The molecule has 3 unspecified atom stereocenters. The molecule has 12 nitrogen and oxygen atoms in total. The van der Waals surface area contributed by atoms with Gasteiger partial charge in [-0.3, -0.25) is 14.4 Å². The third-order valence-corrected chi connectivity index (χ3v) is 17.1. The van der Waals surface area contributed by atoms with E-state index >= 15 is 0 Å². The van der Waals surface area contributed by atoms with Gasteiger partial charge in [-0.1, -0.05) is 81.8 Å². The number of ether oxygens (including phenoxy) is 3. The summed E-state index contributed by atoms with van der Waals surface area (Å²) in [5.74, 6) is -2.26. The highest BCUT2D eigenvalue weighted by molar-refractivity contribution is 6.36. The van der Waals surface area contributed by atoms with Crippen LogP contribution in [0.15, 0.2) is 73.2 Å². The van der Waals surface area contributed by atoms with Crippen LogP contribution in [0, 0.1) is 11.8 Å². The summed E-state index contributed by atoms with van der Waals surface area (Å²) < 4.78 is 90.6. The number of carbonyl (C=O) groups excluding carboxylic acids is 3. The van der Waals surface area contributed by atoms with E-state index in [1.807, 2.05) is 33.2 Å². The first-order valence-corrected chi connectivity index (χ1v) is 28.8. The van der Waals surface area contributed by atoms with Crippen LogP contribution in [0.25, 0.3) is 16.6 Å². The van der Waals surface area contributed by atoms with Crippen LogP contribution in [-0.4, -0.2) is 110 Å². The molecular formula is C63H84Cl3F2N3O9. The van der Waals surface area contributed by atoms with Crippen molar-refractivity contribution < 1.29 is 60.9 Å². The first kappa shape index (κ1) is 56.3. The fourth-order valence-corrected chi connectivity index (χ4v) is 13.1. The highest BCUT2D eigenvalue weighted by Crippen LogP contribution is 2.42. The summed E-state index contributed by atoms with van der Waals surface area (Å²) in [7, 11) is -3.29. The third kappa shape index (κ3) is 16.5. The second-order valence-electron chi connectivity index (χ2n) is 22.5. The molecule has 0 aromatic carbocycles. The molecule has 3 aliphatic carbocycles. The number of aromatic nitrogens is 3. The van der Waals surface area contributed by atoms with Crippen molar-refractivity contribution >= 4 is 68.7 Å². The molecule has 0 spiro atoms. The van der Waals surface area contributed by atoms with E-state index in [1.165, 1.54) is 6.42 Å². The van der Waals surface area contributed by atoms with E-state index in [2.05, 4.69) is 13.8 Å². The Morgan fingerprint density at radius 3 is 1.27 bits per heavy atom. The van der Waals surface area contributed by atoms with Gasteiger partial charge < -0.3 is 42.7 Å². The highest BCUT2D eigenvalue weighted by atomic mass is 35.5. The fourth-order valence-electron chi connectivity index (χ4n) is 12.3. The molecule has 5 atom stereocenters. The Morgan fingerprint density at radius 1 is 0.588 bits per heavy atom. The molecule has 6 aromatic rings. The smallest absolute Gasteiger partial charge is 0.250 e. The van der Waals surface area contributed by atoms with Gasteiger partial charge in [0.1, 0.15) is 0 Å². The van der Waals surface area contributed by atoms with Crippen molar-refractivity contribution in [2.45, 2.75) is 179 Å². The van der Waals surface area contributed by atoms with E-state index in [0.29, 0.717) is 99.0 Å². The van der Waals surface area contributed by atoms with Gasteiger partial charge >= 0.3 is 0 Å². The quantitative estimate of drug-likeness (QED) is 0.0598. The number of hydrogen-bond acceptors (Lipinski definition) is 9. The molecule has 6 aromatic heterocycles. The zero-order valence-corrected chi connectivity index (χ0v) is 47.8. The molecule has 0 amide bonds. The van der Waals surface area contributed by atoms with Gasteiger partial charge in [0.15, 0.2) is 17.3 Å². The summed E-state index contributed by atoms with van der Waals surface area (Å²) in [5, 5.41) is 33.6. The molecule has 0 bridgehead atoms. The van der Waals surface area contributed by atoms with E-state index in [9.17, 15) is 38.5 Å². The van der Waals surface area contributed by atoms with E-state index < -0.39 is 43.2 Å². The Hall–Kier alpha value is -4.22. The number of hydrogen-bond donors (Lipinski definition) is 3. The summed E-state index contributed by atoms with van der Waals surface area (Å²) in [6, 6.07) is 15.8. The average Bonchev–Trinajstić information content (AvgIpc) is 2.23. The maximum Gasteiger partial charge on any atom is 0.250 e. The normalized spacial score (nSPS) is 24.2. The van der Waals surface area contributed by atoms with Crippen LogP contribution in [0.1, 0.15) is 193 Å². The van der Waals surface area contributed by atoms with Gasteiger partial charge in [0.2, 0.25) is 0 Å². The summed E-state index contributed by atoms with van der Waals surface area (Å²) in [6.07, 6.45) is 15.1. The summed E-state index contributed by atoms with van der Waals surface area (Å²) in [5.41, 5.74) is 2.69. The number of aliphatic hydroxyl groups is 3. The number of pyridine rings is 3. The van der Waals surface area contributed by atoms with E-state index in [1.54, 1.807) is 60.3 Å². The maximum atomic E-state index is 13.7. The lowest BCUT2D eigenvalue weighted by Crippen LogP contribution is -2.41. The lowest BCUT2D eigenvalue weighted by atomic mass is 9.76. The van der Waals surface area contributed by atoms with Gasteiger partial charge in [0.05, 0.1) is 76.5 Å². The maximum absolute atomic E-state index is 13.7. The number of carbonyl (C=O) groups is 3. The molecule has 0 saturated heterocycles. The standard InChI is InChI=1S/2C21H28ClNO3.C20H24ClF2NO3.CH4/c2*1-15-5-3-9-21(25,14-15)10-7-19(24)17-13-16(8-12-26-2)23-11-4-6-18(22)20(17)23;1-27-11-6-14-12-15(18-16(21)4-2-10-24(14)18)17(25)5-9-19(26)7-3-8-20(22,23)13-19;/h2*4,6,11,13,15,25H,3,5,7-10,12,14H2,1-2H3;2,4,10,12,26H,3,5-9,11,13H2,1H3;1H4/t15-,21+;;;/m1.../s1/i;2D3;1D3;. The second-order valence-corrected chi connectivity index (χ2v) is 23.8. The number of rotatable bonds is 21. The van der Waals surface area contributed by atoms with E-state index in [0.717, 1.165) is 61.9 Å². The average molecular weight is 1180 g/mol. The van der Waals surface area contributed by atoms with Crippen LogP contribution < -0.4 is 0 Å².